The van der Waals surface area contributed by atoms with Gasteiger partial charge < -0.3 is 25.2 Å². The van der Waals surface area contributed by atoms with Crippen molar-refractivity contribution >= 4 is 11.9 Å². The van der Waals surface area contributed by atoms with Gasteiger partial charge in [0, 0.05) is 12.3 Å². The van der Waals surface area contributed by atoms with E-state index < -0.39 is 30.4 Å². The lowest BCUT2D eigenvalue weighted by molar-refractivity contribution is -0.159. The minimum absolute atomic E-state index is 0.0156. The second kappa shape index (κ2) is 11.1. The number of aliphatic carboxylic acids is 1. The van der Waals surface area contributed by atoms with Gasteiger partial charge in [-0.1, -0.05) is 39.0 Å². The summed E-state index contributed by atoms with van der Waals surface area (Å²) in [5.41, 5.74) is 0.958. The molecule has 7 heteroatoms. The molecule has 8 atom stereocenters. The second-order valence-corrected chi connectivity index (χ2v) is 8.88. The van der Waals surface area contributed by atoms with Crippen molar-refractivity contribution in [3.8, 4) is 0 Å². The summed E-state index contributed by atoms with van der Waals surface area (Å²) in [4.78, 5) is 23.1. The number of fused-ring (bicyclic) bond motifs is 1. The molecular formula is C23H36O7. The number of rotatable bonds is 10. The molecular weight excluding hydrogens is 388 g/mol. The van der Waals surface area contributed by atoms with E-state index in [-0.39, 0.29) is 42.5 Å². The number of esters is 1. The number of hydrogen-bond acceptors (Lipinski definition) is 6. The third kappa shape index (κ3) is 6.65. The van der Waals surface area contributed by atoms with Crippen molar-refractivity contribution in [1.82, 2.24) is 0 Å². The first kappa shape index (κ1) is 24.6. The summed E-state index contributed by atoms with van der Waals surface area (Å²) in [6.45, 7) is 5.85. The number of hydrogen-bond donors (Lipinski definition) is 4. The maximum atomic E-state index is 12.4. The zero-order valence-corrected chi connectivity index (χ0v) is 18.1. The van der Waals surface area contributed by atoms with Gasteiger partial charge in [-0.05, 0) is 43.1 Å². The van der Waals surface area contributed by atoms with Gasteiger partial charge in [0.2, 0.25) is 0 Å². The largest absolute Gasteiger partial charge is 0.481 e. The molecule has 1 unspecified atom stereocenters. The predicted octanol–water partition coefficient (Wildman–Crippen LogP) is 2.44. The highest BCUT2D eigenvalue weighted by Crippen LogP contribution is 2.44. The van der Waals surface area contributed by atoms with Crippen LogP contribution in [-0.4, -0.2) is 56.8 Å². The Morgan fingerprint density at radius 1 is 1.27 bits per heavy atom. The molecule has 170 valence electrons. The van der Waals surface area contributed by atoms with E-state index >= 15 is 0 Å². The van der Waals surface area contributed by atoms with Crippen molar-refractivity contribution in [3.63, 3.8) is 0 Å². The highest BCUT2D eigenvalue weighted by atomic mass is 16.5. The van der Waals surface area contributed by atoms with Crippen LogP contribution in [0.1, 0.15) is 59.3 Å². The van der Waals surface area contributed by atoms with E-state index in [0.29, 0.717) is 25.7 Å². The monoisotopic (exact) mass is 424 g/mol. The molecule has 4 N–H and O–H groups in total. The van der Waals surface area contributed by atoms with Crippen LogP contribution < -0.4 is 0 Å². The van der Waals surface area contributed by atoms with Gasteiger partial charge in [-0.3, -0.25) is 9.59 Å². The zero-order chi connectivity index (χ0) is 22.4. The Balaban J connectivity index is 2.09. The number of aliphatic hydroxyl groups is 3. The molecule has 7 nitrogen and oxygen atoms in total. The van der Waals surface area contributed by atoms with E-state index in [1.807, 2.05) is 26.0 Å². The lowest BCUT2D eigenvalue weighted by atomic mass is 9.66. The molecule has 0 amide bonds. The fourth-order valence-electron chi connectivity index (χ4n) is 4.52. The van der Waals surface area contributed by atoms with Crippen molar-refractivity contribution in [3.05, 3.63) is 23.8 Å². The lowest BCUT2D eigenvalue weighted by Crippen LogP contribution is -2.43. The standard InChI is InChI=1S/C23H36O7/c1-4-13(2)23(29)30-20-11-17(25)9-15-6-5-14(3)19(22(15)20)8-7-16(24)10-18(26)12-21(27)28/h5-6,9,13-14,16-20,22,24-26H,4,7-8,10-12H2,1-3H3,(H,27,28)/t13-,14-,16+,17-,18+,19?,20-,22-/m0/s1. The van der Waals surface area contributed by atoms with Crippen molar-refractivity contribution in [2.45, 2.75) is 83.7 Å². The average molecular weight is 425 g/mol. The minimum atomic E-state index is -1.10. The molecule has 0 spiro atoms. The van der Waals surface area contributed by atoms with Gasteiger partial charge in [-0.15, -0.1) is 0 Å². The summed E-state index contributed by atoms with van der Waals surface area (Å²) in [6, 6.07) is 0. The summed E-state index contributed by atoms with van der Waals surface area (Å²) < 4.78 is 5.84. The normalized spacial score (nSPS) is 31.3. The molecule has 0 bridgehead atoms. The van der Waals surface area contributed by atoms with Gasteiger partial charge in [0.1, 0.15) is 6.10 Å². The zero-order valence-electron chi connectivity index (χ0n) is 18.1. The predicted molar refractivity (Wildman–Crippen MR) is 111 cm³/mol. The van der Waals surface area contributed by atoms with E-state index in [4.69, 9.17) is 9.84 Å². The average Bonchev–Trinajstić information content (AvgIpc) is 2.65. The quantitative estimate of drug-likeness (QED) is 0.397. The summed E-state index contributed by atoms with van der Waals surface area (Å²) in [7, 11) is 0. The molecule has 0 aliphatic heterocycles. The molecule has 2 aliphatic rings. The smallest absolute Gasteiger partial charge is 0.308 e. The van der Waals surface area contributed by atoms with Crippen LogP contribution in [-0.2, 0) is 14.3 Å². The SMILES string of the molecule is CC[C@H](C)C(=O)O[C@H]1C[C@@H](O)C=C2C=C[C@H](C)C(CC[C@@H](O)C[C@@H](O)CC(=O)O)[C@H]21. The van der Waals surface area contributed by atoms with Crippen LogP contribution in [0.4, 0.5) is 0 Å². The van der Waals surface area contributed by atoms with Crippen molar-refractivity contribution in [1.29, 1.82) is 0 Å². The number of carboxylic acids is 1. The number of carbonyl (C=O) groups is 2. The maximum absolute atomic E-state index is 12.4. The van der Waals surface area contributed by atoms with Crippen LogP contribution in [0.3, 0.4) is 0 Å². The van der Waals surface area contributed by atoms with E-state index in [0.717, 1.165) is 5.57 Å². The van der Waals surface area contributed by atoms with Crippen LogP contribution in [0.25, 0.3) is 0 Å². The first-order chi connectivity index (χ1) is 14.1. The van der Waals surface area contributed by atoms with Crippen molar-refractivity contribution in [2.75, 3.05) is 0 Å². The maximum Gasteiger partial charge on any atom is 0.308 e. The van der Waals surface area contributed by atoms with Crippen LogP contribution >= 0.6 is 0 Å². The van der Waals surface area contributed by atoms with Gasteiger partial charge in [-0.25, -0.2) is 0 Å². The Morgan fingerprint density at radius 3 is 2.60 bits per heavy atom. The second-order valence-electron chi connectivity index (χ2n) is 8.88. The van der Waals surface area contributed by atoms with Crippen LogP contribution in [0.2, 0.25) is 0 Å². The van der Waals surface area contributed by atoms with Gasteiger partial charge in [0.05, 0.1) is 30.7 Å². The van der Waals surface area contributed by atoms with Gasteiger partial charge in [0.15, 0.2) is 0 Å². The van der Waals surface area contributed by atoms with Crippen LogP contribution in [0.15, 0.2) is 23.8 Å². The first-order valence-corrected chi connectivity index (χ1v) is 11.0. The Kier molecular flexibility index (Phi) is 9.07. The number of carbonyl (C=O) groups excluding carboxylic acids is 1. The van der Waals surface area contributed by atoms with Crippen LogP contribution in [0, 0.1) is 23.7 Å². The summed E-state index contributed by atoms with van der Waals surface area (Å²) in [5.74, 6) is -1.31. The topological polar surface area (TPSA) is 124 Å². The molecule has 2 rings (SSSR count). The minimum Gasteiger partial charge on any atom is -0.481 e. The van der Waals surface area contributed by atoms with Gasteiger partial charge in [0.25, 0.3) is 0 Å². The van der Waals surface area contributed by atoms with E-state index in [1.165, 1.54) is 0 Å². The molecule has 30 heavy (non-hydrogen) atoms. The van der Waals surface area contributed by atoms with E-state index in [1.54, 1.807) is 0 Å². The first-order valence-electron chi connectivity index (χ1n) is 11.0. The number of ether oxygens (including phenoxy) is 1. The Hall–Kier alpha value is -1.70. The molecule has 2 aliphatic carbocycles. The molecule has 0 heterocycles. The molecule has 0 aromatic heterocycles. The van der Waals surface area contributed by atoms with E-state index in [2.05, 4.69) is 13.0 Å². The fraction of sp³-hybridized carbons (Fsp3) is 0.739. The molecule has 0 radical (unpaired) electrons. The molecule has 0 fully saturated rings. The lowest BCUT2D eigenvalue weighted by Gasteiger charge is -2.43. The fourth-order valence-corrected chi connectivity index (χ4v) is 4.52. The van der Waals surface area contributed by atoms with Crippen molar-refractivity contribution < 1.29 is 34.8 Å². The highest BCUT2D eigenvalue weighted by molar-refractivity contribution is 5.72. The van der Waals surface area contributed by atoms with Crippen LogP contribution in [0.5, 0.6) is 0 Å². The summed E-state index contributed by atoms with van der Waals surface area (Å²) in [5, 5.41) is 39.1. The molecule has 0 saturated carbocycles. The summed E-state index contributed by atoms with van der Waals surface area (Å²) in [6.07, 6.45) is 4.64. The van der Waals surface area contributed by atoms with Crippen molar-refractivity contribution in [2.24, 2.45) is 23.7 Å². The number of aliphatic hydroxyl groups excluding tert-OH is 3. The molecule has 0 saturated heterocycles. The Bertz CT molecular complexity index is 656. The third-order valence-electron chi connectivity index (χ3n) is 6.44. The Labute approximate surface area is 178 Å². The molecule has 0 aromatic carbocycles. The van der Waals surface area contributed by atoms with Gasteiger partial charge in [-0.2, -0.15) is 0 Å². The summed E-state index contributed by atoms with van der Waals surface area (Å²) >= 11 is 0. The Morgan fingerprint density at radius 2 is 1.97 bits per heavy atom. The molecule has 0 aromatic rings. The number of carboxylic acid groups (broad SMARTS) is 1. The highest BCUT2D eigenvalue weighted by Gasteiger charge is 2.42. The van der Waals surface area contributed by atoms with E-state index in [9.17, 15) is 24.9 Å². The van der Waals surface area contributed by atoms with Gasteiger partial charge >= 0.3 is 11.9 Å². The third-order valence-corrected chi connectivity index (χ3v) is 6.44. The number of allylic oxidation sites excluding steroid dienone is 2.